The van der Waals surface area contributed by atoms with Crippen molar-refractivity contribution in [2.24, 2.45) is 5.18 Å². The SMILES string of the molecule is CCCCCC(CCSC)N=O. The minimum Gasteiger partial charge on any atom is -0.165 e. The molecule has 0 saturated heterocycles. The summed E-state index contributed by atoms with van der Waals surface area (Å²) >= 11 is 1.79. The highest BCUT2D eigenvalue weighted by atomic mass is 32.2. The van der Waals surface area contributed by atoms with Crippen molar-refractivity contribution >= 4 is 11.8 Å². The first kappa shape index (κ1) is 11.9. The second-order valence-electron chi connectivity index (χ2n) is 3.04. The topological polar surface area (TPSA) is 29.4 Å². The Bertz CT molecular complexity index is 109. The Hall–Kier alpha value is -0.0500. The van der Waals surface area contributed by atoms with Crippen LogP contribution in [0.25, 0.3) is 0 Å². The van der Waals surface area contributed by atoms with Crippen LogP contribution in [0.3, 0.4) is 0 Å². The normalized spacial score (nSPS) is 12.8. The summed E-state index contributed by atoms with van der Waals surface area (Å²) in [4.78, 5) is 10.3. The van der Waals surface area contributed by atoms with Crippen molar-refractivity contribution < 1.29 is 0 Å². The highest BCUT2D eigenvalue weighted by Crippen LogP contribution is 2.11. The van der Waals surface area contributed by atoms with Gasteiger partial charge in [-0.1, -0.05) is 31.4 Å². The molecule has 3 heteroatoms. The van der Waals surface area contributed by atoms with Crippen LogP contribution in [0.5, 0.6) is 0 Å². The largest absolute Gasteiger partial charge is 0.165 e. The van der Waals surface area contributed by atoms with Crippen LogP contribution >= 0.6 is 11.8 Å². The van der Waals surface area contributed by atoms with Crippen molar-refractivity contribution in [3.63, 3.8) is 0 Å². The van der Waals surface area contributed by atoms with E-state index >= 15 is 0 Å². The molecular formula is C9H19NOS. The maximum atomic E-state index is 10.3. The van der Waals surface area contributed by atoms with Crippen LogP contribution in [0.4, 0.5) is 0 Å². The zero-order valence-electron chi connectivity index (χ0n) is 8.08. The molecule has 2 nitrogen and oxygen atoms in total. The van der Waals surface area contributed by atoms with Crippen LogP contribution < -0.4 is 0 Å². The molecule has 0 aliphatic heterocycles. The van der Waals surface area contributed by atoms with Gasteiger partial charge in [-0.3, -0.25) is 0 Å². The van der Waals surface area contributed by atoms with Gasteiger partial charge >= 0.3 is 0 Å². The molecule has 0 saturated carbocycles. The van der Waals surface area contributed by atoms with E-state index in [1.54, 1.807) is 11.8 Å². The average Bonchev–Trinajstić information content (AvgIpc) is 2.11. The molecule has 1 unspecified atom stereocenters. The third-order valence-corrected chi connectivity index (χ3v) is 2.59. The minimum atomic E-state index is 0.0731. The van der Waals surface area contributed by atoms with Crippen molar-refractivity contribution in [2.45, 2.75) is 45.1 Å². The fourth-order valence-electron chi connectivity index (χ4n) is 1.13. The number of nitroso groups, excluding NO2 is 1. The lowest BCUT2D eigenvalue weighted by molar-refractivity contribution is 0.549. The molecular weight excluding hydrogens is 170 g/mol. The van der Waals surface area contributed by atoms with E-state index in [-0.39, 0.29) is 6.04 Å². The summed E-state index contributed by atoms with van der Waals surface area (Å²) in [6, 6.07) is 0.0731. The zero-order valence-corrected chi connectivity index (χ0v) is 8.90. The number of unbranched alkanes of at least 4 members (excludes halogenated alkanes) is 2. The number of thioether (sulfide) groups is 1. The highest BCUT2D eigenvalue weighted by molar-refractivity contribution is 7.98. The van der Waals surface area contributed by atoms with Crippen molar-refractivity contribution in [2.75, 3.05) is 12.0 Å². The lowest BCUT2D eigenvalue weighted by Crippen LogP contribution is -2.04. The van der Waals surface area contributed by atoms with Gasteiger partial charge in [-0.15, -0.1) is 0 Å². The van der Waals surface area contributed by atoms with Crippen LogP contribution in [0.15, 0.2) is 5.18 Å². The van der Waals surface area contributed by atoms with Crippen molar-refractivity contribution in [1.82, 2.24) is 0 Å². The molecule has 0 aliphatic carbocycles. The van der Waals surface area contributed by atoms with Crippen LogP contribution in [0, 0.1) is 4.91 Å². The van der Waals surface area contributed by atoms with Gasteiger partial charge in [0.2, 0.25) is 0 Å². The first-order valence-corrected chi connectivity index (χ1v) is 6.06. The summed E-state index contributed by atoms with van der Waals surface area (Å²) in [7, 11) is 0. The Balaban J connectivity index is 3.32. The third kappa shape index (κ3) is 6.65. The van der Waals surface area contributed by atoms with E-state index in [9.17, 15) is 4.91 Å². The Labute approximate surface area is 79.5 Å². The van der Waals surface area contributed by atoms with Crippen LogP contribution in [0.2, 0.25) is 0 Å². The molecule has 0 amide bonds. The quantitative estimate of drug-likeness (QED) is 0.432. The summed E-state index contributed by atoms with van der Waals surface area (Å²) in [5.74, 6) is 1.06. The summed E-state index contributed by atoms with van der Waals surface area (Å²) in [5.41, 5.74) is 0. The van der Waals surface area contributed by atoms with Gasteiger partial charge in [0, 0.05) is 0 Å². The van der Waals surface area contributed by atoms with E-state index in [4.69, 9.17) is 0 Å². The van der Waals surface area contributed by atoms with Gasteiger partial charge in [0.15, 0.2) is 0 Å². The first-order chi connectivity index (χ1) is 5.85. The van der Waals surface area contributed by atoms with Crippen molar-refractivity contribution in [1.29, 1.82) is 0 Å². The van der Waals surface area contributed by atoms with Crippen LogP contribution in [0.1, 0.15) is 39.0 Å². The minimum absolute atomic E-state index is 0.0731. The molecule has 0 spiro atoms. The van der Waals surface area contributed by atoms with Gasteiger partial charge in [-0.25, -0.2) is 0 Å². The fraction of sp³-hybridized carbons (Fsp3) is 1.00. The summed E-state index contributed by atoms with van der Waals surface area (Å²) < 4.78 is 0. The van der Waals surface area contributed by atoms with E-state index in [2.05, 4.69) is 18.4 Å². The molecule has 0 N–H and O–H groups in total. The summed E-state index contributed by atoms with van der Waals surface area (Å²) in [6.07, 6.45) is 7.60. The number of hydrogen-bond donors (Lipinski definition) is 0. The van der Waals surface area contributed by atoms with Gasteiger partial charge in [0.25, 0.3) is 0 Å². The zero-order chi connectivity index (χ0) is 9.23. The van der Waals surface area contributed by atoms with Gasteiger partial charge in [-0.2, -0.15) is 16.7 Å². The van der Waals surface area contributed by atoms with E-state index in [0.717, 1.165) is 25.0 Å². The van der Waals surface area contributed by atoms with Crippen molar-refractivity contribution in [3.05, 3.63) is 4.91 Å². The molecule has 0 heterocycles. The molecule has 0 aliphatic rings. The second-order valence-corrected chi connectivity index (χ2v) is 4.02. The Morgan fingerprint density at radius 1 is 1.33 bits per heavy atom. The third-order valence-electron chi connectivity index (χ3n) is 1.95. The Kier molecular flexibility index (Phi) is 9.00. The smallest absolute Gasteiger partial charge is 0.0927 e. The maximum Gasteiger partial charge on any atom is 0.0927 e. The molecule has 0 fully saturated rings. The first-order valence-electron chi connectivity index (χ1n) is 4.66. The van der Waals surface area contributed by atoms with Gasteiger partial charge in [0.05, 0.1) is 6.04 Å². The van der Waals surface area contributed by atoms with E-state index in [0.29, 0.717) is 0 Å². The number of nitrogens with zero attached hydrogens (tertiary/aromatic N) is 1. The molecule has 12 heavy (non-hydrogen) atoms. The monoisotopic (exact) mass is 189 g/mol. The molecule has 0 radical (unpaired) electrons. The summed E-state index contributed by atoms with van der Waals surface area (Å²) in [5, 5.41) is 3.13. The van der Waals surface area contributed by atoms with Gasteiger partial charge in [0.1, 0.15) is 0 Å². The van der Waals surface area contributed by atoms with Crippen molar-refractivity contribution in [3.8, 4) is 0 Å². The fourth-order valence-corrected chi connectivity index (χ4v) is 1.64. The molecule has 72 valence electrons. The Morgan fingerprint density at radius 3 is 2.58 bits per heavy atom. The van der Waals surface area contributed by atoms with Crippen LogP contribution in [-0.4, -0.2) is 18.1 Å². The highest BCUT2D eigenvalue weighted by Gasteiger charge is 2.06. The predicted octanol–water partition coefficient (Wildman–Crippen LogP) is 3.45. The average molecular weight is 189 g/mol. The number of rotatable bonds is 8. The van der Waals surface area contributed by atoms with Crippen LogP contribution in [-0.2, 0) is 0 Å². The predicted molar refractivity (Wildman–Crippen MR) is 56.7 cm³/mol. The van der Waals surface area contributed by atoms with E-state index in [1.165, 1.54) is 12.8 Å². The van der Waals surface area contributed by atoms with Gasteiger partial charge < -0.3 is 0 Å². The van der Waals surface area contributed by atoms with E-state index < -0.39 is 0 Å². The standard InChI is InChI=1S/C9H19NOS/c1-3-4-5-6-9(10-11)7-8-12-2/h9H,3-8H2,1-2H3. The molecule has 0 aromatic carbocycles. The van der Waals surface area contributed by atoms with Gasteiger partial charge in [-0.05, 0) is 24.9 Å². The number of hydrogen-bond acceptors (Lipinski definition) is 3. The lowest BCUT2D eigenvalue weighted by atomic mass is 10.1. The molecule has 0 rings (SSSR count). The molecule has 0 aromatic heterocycles. The van der Waals surface area contributed by atoms with E-state index in [1.807, 2.05) is 0 Å². The molecule has 1 atom stereocenters. The molecule has 0 bridgehead atoms. The molecule has 0 aromatic rings. The summed E-state index contributed by atoms with van der Waals surface area (Å²) in [6.45, 7) is 2.17. The second kappa shape index (κ2) is 9.04. The maximum absolute atomic E-state index is 10.3. The lowest BCUT2D eigenvalue weighted by Gasteiger charge is -2.06. The Morgan fingerprint density at radius 2 is 2.08 bits per heavy atom.